The van der Waals surface area contributed by atoms with Gasteiger partial charge in [-0.25, -0.2) is 0 Å². The van der Waals surface area contributed by atoms with Gasteiger partial charge < -0.3 is 9.46 Å². The Morgan fingerprint density at radius 3 is 1.28 bits per heavy atom. The summed E-state index contributed by atoms with van der Waals surface area (Å²) >= 11 is 0. The summed E-state index contributed by atoms with van der Waals surface area (Å²) < 4.78 is 17.4. The molecule has 0 radical (unpaired) electrons. The fourth-order valence-electron chi connectivity index (χ4n) is 8.39. The number of nitrogens with zero attached hydrogens (tertiary/aromatic N) is 1. The summed E-state index contributed by atoms with van der Waals surface area (Å²) in [5.41, 5.74) is 13.4. The second kappa shape index (κ2) is 14.6. The number of hydrogen-bond donors (Lipinski definition) is 0. The van der Waals surface area contributed by atoms with Crippen molar-refractivity contribution in [1.29, 1.82) is 0 Å². The largest absolute Gasteiger partial charge is 0.309 e. The quantitative estimate of drug-likeness (QED) is 0.163. The van der Waals surface area contributed by atoms with Gasteiger partial charge in [-0.05, 0) is 93.0 Å². The first-order valence-corrected chi connectivity index (χ1v) is 21.1. The lowest BCUT2D eigenvalue weighted by Crippen LogP contribution is -2.29. The van der Waals surface area contributed by atoms with Crippen LogP contribution in [0.25, 0.3) is 55.6 Å². The third kappa shape index (κ3) is 6.12. The lowest BCUT2D eigenvalue weighted by atomic mass is 9.95. The Bertz CT molecular complexity index is 2870. The Morgan fingerprint density at radius 2 is 0.719 bits per heavy atom. The van der Waals surface area contributed by atoms with Crippen LogP contribution in [0.3, 0.4) is 0 Å². The van der Waals surface area contributed by atoms with Gasteiger partial charge in [-0.2, -0.15) is 0 Å². The third-order valence-electron chi connectivity index (χ3n) is 11.1. The van der Waals surface area contributed by atoms with E-state index < -0.39 is 7.14 Å². The highest BCUT2D eigenvalue weighted by atomic mass is 31.2. The molecule has 270 valence electrons. The first-order chi connectivity index (χ1) is 28.2. The molecular formula is C54H38NOP. The average molecular weight is 748 g/mol. The smallest absolute Gasteiger partial charge is 0.172 e. The summed E-state index contributed by atoms with van der Waals surface area (Å²) in [6.45, 7) is 0. The van der Waals surface area contributed by atoms with Gasteiger partial charge in [0.1, 0.15) is 0 Å². The van der Waals surface area contributed by atoms with Crippen LogP contribution in [0.1, 0.15) is 0 Å². The van der Waals surface area contributed by atoms with E-state index in [1.165, 1.54) is 0 Å². The summed E-state index contributed by atoms with van der Waals surface area (Å²) in [6, 6.07) is 80.6. The standard InChI is InChI=1S/C54H38NOP/c56-57(46-36-43(40-21-7-2-8-22-40)35-44(37-46)41-23-9-3-10-24-41)53-31-17-14-28-48(53)47-27-13-16-30-51(47)55(45-25-11-4-12-26-45)52-34-33-42(39-19-5-1-6-20-39)38-50(52)49-29-15-18-32-54(49)57/h1-38H. The van der Waals surface area contributed by atoms with Crippen LogP contribution in [0.2, 0.25) is 0 Å². The SMILES string of the molecule is O=P1(c2cc(-c3ccccc3)cc(-c3ccccc3)c2)c2ccccc2-c2ccccc2N(c2ccccc2)c2ccc(-c3ccccc3)cc2-c2ccccc21. The predicted octanol–water partition coefficient (Wildman–Crippen LogP) is 13.4. The molecular weight excluding hydrogens is 710 g/mol. The van der Waals surface area contributed by atoms with Crippen LogP contribution in [0.5, 0.6) is 0 Å². The average Bonchev–Trinajstić information content (AvgIpc) is 3.30. The van der Waals surface area contributed by atoms with E-state index in [4.69, 9.17) is 0 Å². The molecule has 1 aliphatic heterocycles. The Labute approximate surface area is 334 Å². The van der Waals surface area contributed by atoms with Crippen molar-refractivity contribution in [2.45, 2.75) is 0 Å². The highest BCUT2D eigenvalue weighted by molar-refractivity contribution is 7.85. The number of para-hydroxylation sites is 2. The van der Waals surface area contributed by atoms with Gasteiger partial charge in [0.2, 0.25) is 0 Å². The zero-order valence-corrected chi connectivity index (χ0v) is 32.1. The van der Waals surface area contributed by atoms with Gasteiger partial charge in [-0.15, -0.1) is 0 Å². The molecule has 0 N–H and O–H groups in total. The van der Waals surface area contributed by atoms with Crippen molar-refractivity contribution in [3.05, 3.63) is 231 Å². The van der Waals surface area contributed by atoms with Crippen molar-refractivity contribution in [1.82, 2.24) is 0 Å². The van der Waals surface area contributed by atoms with Gasteiger partial charge in [0.15, 0.2) is 7.14 Å². The summed E-state index contributed by atoms with van der Waals surface area (Å²) in [4.78, 5) is 2.37. The van der Waals surface area contributed by atoms with Crippen LogP contribution in [-0.4, -0.2) is 0 Å². The molecule has 9 aromatic rings. The minimum absolute atomic E-state index is 0.793. The fraction of sp³-hybridized carbons (Fsp3) is 0. The molecule has 1 aliphatic rings. The van der Waals surface area contributed by atoms with E-state index in [0.717, 1.165) is 88.6 Å². The van der Waals surface area contributed by atoms with Gasteiger partial charge in [0, 0.05) is 32.7 Å². The molecule has 1 heterocycles. The zero-order chi connectivity index (χ0) is 38.2. The van der Waals surface area contributed by atoms with Gasteiger partial charge in [0.05, 0.1) is 11.4 Å². The van der Waals surface area contributed by atoms with Crippen LogP contribution < -0.4 is 20.8 Å². The first-order valence-electron chi connectivity index (χ1n) is 19.4. The minimum atomic E-state index is -3.67. The minimum Gasteiger partial charge on any atom is -0.309 e. The van der Waals surface area contributed by atoms with Crippen LogP contribution >= 0.6 is 7.14 Å². The van der Waals surface area contributed by atoms with Crippen LogP contribution in [0, 0.1) is 0 Å². The Balaban J connectivity index is 1.36. The third-order valence-corrected chi connectivity index (χ3v) is 14.2. The van der Waals surface area contributed by atoms with Gasteiger partial charge in [0.25, 0.3) is 0 Å². The van der Waals surface area contributed by atoms with Crippen molar-refractivity contribution in [2.75, 3.05) is 4.90 Å². The molecule has 57 heavy (non-hydrogen) atoms. The van der Waals surface area contributed by atoms with Crippen molar-refractivity contribution < 1.29 is 4.57 Å². The Morgan fingerprint density at radius 1 is 0.298 bits per heavy atom. The number of rotatable bonds is 5. The molecule has 1 atom stereocenters. The molecule has 9 aromatic carbocycles. The van der Waals surface area contributed by atoms with Gasteiger partial charge >= 0.3 is 0 Å². The normalized spacial score (nSPS) is 14.4. The number of anilines is 3. The Hall–Kier alpha value is -6.99. The summed E-state index contributed by atoms with van der Waals surface area (Å²) in [7, 11) is -3.67. The summed E-state index contributed by atoms with van der Waals surface area (Å²) in [6.07, 6.45) is 0. The molecule has 0 fully saturated rings. The maximum atomic E-state index is 17.4. The number of hydrogen-bond acceptors (Lipinski definition) is 2. The lowest BCUT2D eigenvalue weighted by molar-refractivity contribution is 0.592. The van der Waals surface area contributed by atoms with Crippen LogP contribution in [0.4, 0.5) is 17.1 Å². The van der Waals surface area contributed by atoms with Gasteiger partial charge in [-0.1, -0.05) is 182 Å². The molecule has 0 aliphatic carbocycles. The topological polar surface area (TPSA) is 20.3 Å². The van der Waals surface area contributed by atoms with E-state index in [2.05, 4.69) is 211 Å². The molecule has 0 aromatic heterocycles. The summed E-state index contributed by atoms with van der Waals surface area (Å²) in [5.74, 6) is 0. The van der Waals surface area contributed by atoms with E-state index in [1.54, 1.807) is 0 Å². The van der Waals surface area contributed by atoms with E-state index in [9.17, 15) is 0 Å². The van der Waals surface area contributed by atoms with Crippen molar-refractivity contribution in [3.63, 3.8) is 0 Å². The number of fused-ring (bicyclic) bond motifs is 6. The molecule has 0 bridgehead atoms. The van der Waals surface area contributed by atoms with Gasteiger partial charge in [-0.3, -0.25) is 0 Å². The number of benzene rings is 9. The van der Waals surface area contributed by atoms with Crippen LogP contribution in [0.15, 0.2) is 231 Å². The van der Waals surface area contributed by atoms with Crippen molar-refractivity contribution >= 4 is 40.1 Å². The highest BCUT2D eigenvalue weighted by Gasteiger charge is 2.37. The predicted molar refractivity (Wildman–Crippen MR) is 241 cm³/mol. The molecule has 1 unspecified atom stereocenters. The summed E-state index contributed by atoms with van der Waals surface area (Å²) in [5, 5.41) is 2.41. The van der Waals surface area contributed by atoms with E-state index in [-0.39, 0.29) is 0 Å². The fourth-order valence-corrected chi connectivity index (χ4v) is 11.5. The maximum Gasteiger partial charge on any atom is 0.172 e. The second-order valence-corrected chi connectivity index (χ2v) is 17.1. The molecule has 0 saturated heterocycles. The first kappa shape index (κ1) is 34.5. The highest BCUT2D eigenvalue weighted by Crippen LogP contribution is 2.54. The lowest BCUT2D eigenvalue weighted by Gasteiger charge is -2.34. The Kier molecular flexibility index (Phi) is 8.83. The van der Waals surface area contributed by atoms with Crippen LogP contribution in [-0.2, 0) is 4.57 Å². The molecule has 0 amide bonds. The van der Waals surface area contributed by atoms with E-state index in [1.807, 2.05) is 24.3 Å². The molecule has 2 nitrogen and oxygen atoms in total. The van der Waals surface area contributed by atoms with Crippen molar-refractivity contribution in [3.8, 4) is 55.6 Å². The van der Waals surface area contributed by atoms with E-state index >= 15 is 4.57 Å². The zero-order valence-electron chi connectivity index (χ0n) is 31.2. The molecule has 10 rings (SSSR count). The van der Waals surface area contributed by atoms with E-state index in [0.29, 0.717) is 0 Å². The van der Waals surface area contributed by atoms with Crippen molar-refractivity contribution in [2.24, 2.45) is 0 Å². The molecule has 0 saturated carbocycles. The monoisotopic (exact) mass is 747 g/mol. The molecule has 3 heteroatoms. The molecule has 0 spiro atoms. The second-order valence-electron chi connectivity index (χ2n) is 14.4. The maximum absolute atomic E-state index is 17.4.